The summed E-state index contributed by atoms with van der Waals surface area (Å²) in [6.45, 7) is 3.61. The molecule has 3 aromatic rings. The number of hydrogen-bond donors (Lipinski definition) is 0. The smallest absolute Gasteiger partial charge is 0.416 e. The summed E-state index contributed by atoms with van der Waals surface area (Å²) in [4.78, 5) is 18.5. The Morgan fingerprint density at radius 2 is 1.97 bits per heavy atom. The number of carbonyl (C=O) groups excluding carboxylic acids is 1. The molecule has 9 heteroatoms. The first-order chi connectivity index (χ1) is 16.7. The van der Waals surface area contributed by atoms with Gasteiger partial charge in [-0.15, -0.1) is 0 Å². The average molecular weight is 489 g/mol. The van der Waals surface area contributed by atoms with Crippen LogP contribution in [0.2, 0.25) is 0 Å². The van der Waals surface area contributed by atoms with E-state index in [0.29, 0.717) is 42.3 Å². The molecule has 0 aliphatic carbocycles. The summed E-state index contributed by atoms with van der Waals surface area (Å²) in [7, 11) is 1.41. The highest BCUT2D eigenvalue weighted by Gasteiger charge is 2.31. The van der Waals surface area contributed by atoms with E-state index in [4.69, 9.17) is 13.9 Å². The van der Waals surface area contributed by atoms with E-state index in [1.807, 2.05) is 24.3 Å². The molecule has 1 aromatic heterocycles. The van der Waals surface area contributed by atoms with Crippen molar-refractivity contribution < 1.29 is 31.9 Å². The van der Waals surface area contributed by atoms with E-state index < -0.39 is 11.7 Å². The van der Waals surface area contributed by atoms with Crippen LogP contribution in [-0.2, 0) is 28.7 Å². The molecule has 2 heterocycles. The molecule has 6 nitrogen and oxygen atoms in total. The predicted octanol–water partition coefficient (Wildman–Crippen LogP) is 5.43. The molecule has 0 unspecified atom stereocenters. The first-order valence-corrected chi connectivity index (χ1v) is 11.4. The molecule has 35 heavy (non-hydrogen) atoms. The maximum absolute atomic E-state index is 12.8. The number of carbonyl (C=O) groups is 1. The van der Waals surface area contributed by atoms with Gasteiger partial charge in [-0.1, -0.05) is 12.1 Å². The predicted molar refractivity (Wildman–Crippen MR) is 123 cm³/mol. The Balaban J connectivity index is 1.34. The summed E-state index contributed by atoms with van der Waals surface area (Å²) < 4.78 is 54.9. The summed E-state index contributed by atoms with van der Waals surface area (Å²) in [6, 6.07) is 12.3. The second kappa shape index (κ2) is 10.5. The zero-order valence-electron chi connectivity index (χ0n) is 19.6. The number of oxazole rings is 1. The van der Waals surface area contributed by atoms with Crippen LogP contribution in [0.3, 0.4) is 0 Å². The molecule has 1 atom stereocenters. The first kappa shape index (κ1) is 24.8. The van der Waals surface area contributed by atoms with E-state index in [1.165, 1.54) is 19.2 Å². The molecule has 0 saturated carbocycles. The molecule has 0 bridgehead atoms. The van der Waals surface area contributed by atoms with Gasteiger partial charge in [0.15, 0.2) is 0 Å². The number of aryl methyl sites for hydroxylation is 1. The Morgan fingerprint density at radius 3 is 2.69 bits per heavy atom. The van der Waals surface area contributed by atoms with E-state index in [1.54, 1.807) is 6.92 Å². The topological polar surface area (TPSA) is 64.8 Å². The molecule has 4 rings (SSSR count). The molecular formula is C26H27F3N2O4. The highest BCUT2D eigenvalue weighted by molar-refractivity contribution is 5.76. The number of rotatable bonds is 8. The number of esters is 1. The largest absolute Gasteiger partial charge is 0.493 e. The number of likely N-dealkylation sites (tertiary alicyclic amines) is 1. The molecular weight excluding hydrogens is 461 g/mol. The molecule has 0 amide bonds. The van der Waals surface area contributed by atoms with Gasteiger partial charge >= 0.3 is 12.1 Å². The maximum Gasteiger partial charge on any atom is 0.416 e. The molecule has 2 aromatic carbocycles. The highest BCUT2D eigenvalue weighted by Crippen LogP contribution is 2.31. The lowest BCUT2D eigenvalue weighted by Gasteiger charge is -2.22. The lowest BCUT2D eigenvalue weighted by atomic mass is 10.1. The third-order valence-corrected chi connectivity index (χ3v) is 6.08. The fourth-order valence-corrected chi connectivity index (χ4v) is 4.24. The normalized spacial score (nSPS) is 16.4. The van der Waals surface area contributed by atoms with Gasteiger partial charge in [-0.2, -0.15) is 13.2 Å². The fourth-order valence-electron chi connectivity index (χ4n) is 4.24. The van der Waals surface area contributed by atoms with Gasteiger partial charge in [0.2, 0.25) is 5.89 Å². The van der Waals surface area contributed by atoms with E-state index in [2.05, 4.69) is 9.88 Å². The van der Waals surface area contributed by atoms with Crippen LogP contribution in [0.1, 0.15) is 35.4 Å². The van der Waals surface area contributed by atoms with Crippen molar-refractivity contribution in [3.05, 3.63) is 71.1 Å². The summed E-state index contributed by atoms with van der Waals surface area (Å²) in [5.74, 6) is 1.38. The monoisotopic (exact) mass is 488 g/mol. The number of hydrogen-bond acceptors (Lipinski definition) is 6. The van der Waals surface area contributed by atoms with Crippen molar-refractivity contribution in [1.82, 2.24) is 9.88 Å². The van der Waals surface area contributed by atoms with Crippen LogP contribution >= 0.6 is 0 Å². The number of halogens is 3. The summed E-state index contributed by atoms with van der Waals surface area (Å²) in [5.41, 5.74) is 1.49. The molecule has 1 aliphatic rings. The van der Waals surface area contributed by atoms with Gasteiger partial charge in [0.25, 0.3) is 0 Å². The quantitative estimate of drug-likeness (QED) is 0.394. The van der Waals surface area contributed by atoms with E-state index in [0.717, 1.165) is 37.1 Å². The van der Waals surface area contributed by atoms with E-state index in [-0.39, 0.29) is 17.9 Å². The molecule has 0 spiro atoms. The van der Waals surface area contributed by atoms with Crippen LogP contribution in [0.5, 0.6) is 5.75 Å². The van der Waals surface area contributed by atoms with Crippen molar-refractivity contribution in [3.63, 3.8) is 0 Å². The third-order valence-electron chi connectivity index (χ3n) is 6.08. The van der Waals surface area contributed by atoms with Gasteiger partial charge < -0.3 is 13.9 Å². The number of nitrogens with zero attached hydrogens (tertiary/aromatic N) is 2. The van der Waals surface area contributed by atoms with Crippen molar-refractivity contribution in [2.45, 2.75) is 44.9 Å². The summed E-state index contributed by atoms with van der Waals surface area (Å²) >= 11 is 0. The van der Waals surface area contributed by atoms with Crippen LogP contribution in [0.15, 0.2) is 52.9 Å². The standard InChI is InChI=1S/C26H27F3N2O4/c1-17-22(30-24(35-17)19-8-10-20(11-9-19)26(27,28)29)12-14-34-21-6-3-5-18(15-21)16-31-13-4-7-23(31)25(32)33-2/h3,5-6,8-11,15,23H,4,7,12-14,16H2,1-2H3/t23-/m0/s1. The van der Waals surface area contributed by atoms with E-state index in [9.17, 15) is 18.0 Å². The molecule has 186 valence electrons. The number of ether oxygens (including phenoxy) is 2. The second-order valence-electron chi connectivity index (χ2n) is 8.49. The Kier molecular flexibility index (Phi) is 7.45. The zero-order valence-corrected chi connectivity index (χ0v) is 19.6. The Labute approximate surface area is 201 Å². The number of benzene rings is 2. The Morgan fingerprint density at radius 1 is 1.20 bits per heavy atom. The van der Waals surface area contributed by atoms with Gasteiger partial charge in [-0.3, -0.25) is 9.69 Å². The van der Waals surface area contributed by atoms with Crippen LogP contribution in [0.4, 0.5) is 13.2 Å². The molecule has 1 saturated heterocycles. The minimum Gasteiger partial charge on any atom is -0.493 e. The zero-order chi connectivity index (χ0) is 25.0. The van der Waals surface area contributed by atoms with Crippen molar-refractivity contribution in [2.24, 2.45) is 0 Å². The van der Waals surface area contributed by atoms with E-state index >= 15 is 0 Å². The van der Waals surface area contributed by atoms with Crippen molar-refractivity contribution in [2.75, 3.05) is 20.3 Å². The van der Waals surface area contributed by atoms with Crippen molar-refractivity contribution >= 4 is 5.97 Å². The number of alkyl halides is 3. The van der Waals surface area contributed by atoms with Crippen molar-refractivity contribution in [1.29, 1.82) is 0 Å². The molecule has 1 fully saturated rings. The third kappa shape index (κ3) is 6.03. The number of aromatic nitrogens is 1. The molecule has 1 aliphatic heterocycles. The lowest BCUT2D eigenvalue weighted by Crippen LogP contribution is -2.36. The van der Waals surface area contributed by atoms with Gasteiger partial charge in [-0.25, -0.2) is 4.98 Å². The average Bonchev–Trinajstić information content (AvgIpc) is 3.45. The molecule has 0 N–H and O–H groups in total. The van der Waals surface area contributed by atoms with Crippen LogP contribution in [-0.4, -0.2) is 42.2 Å². The maximum atomic E-state index is 12.8. The highest BCUT2D eigenvalue weighted by atomic mass is 19.4. The number of methoxy groups -OCH3 is 1. The van der Waals surface area contributed by atoms with Gasteiger partial charge in [-0.05, 0) is 68.3 Å². The summed E-state index contributed by atoms with van der Waals surface area (Å²) in [6.07, 6.45) is -2.14. The first-order valence-electron chi connectivity index (χ1n) is 11.4. The van der Waals surface area contributed by atoms with Crippen molar-refractivity contribution in [3.8, 4) is 17.2 Å². The summed E-state index contributed by atoms with van der Waals surface area (Å²) in [5, 5.41) is 0. The van der Waals surface area contributed by atoms with Crippen LogP contribution in [0.25, 0.3) is 11.5 Å². The van der Waals surface area contributed by atoms with Crippen LogP contribution < -0.4 is 4.74 Å². The SMILES string of the molecule is COC(=O)[C@@H]1CCCN1Cc1cccc(OCCc2nc(-c3ccc(C(F)(F)F)cc3)oc2C)c1. The van der Waals surface area contributed by atoms with Gasteiger partial charge in [0.1, 0.15) is 17.6 Å². The Hall–Kier alpha value is -3.33. The Bertz CT molecular complexity index is 1160. The minimum absolute atomic E-state index is 0.200. The molecule has 0 radical (unpaired) electrons. The minimum atomic E-state index is -4.39. The fraction of sp³-hybridized carbons (Fsp3) is 0.385. The van der Waals surface area contributed by atoms with Gasteiger partial charge in [0.05, 0.1) is 25.0 Å². The second-order valence-corrected chi connectivity index (χ2v) is 8.49. The lowest BCUT2D eigenvalue weighted by molar-refractivity contribution is -0.146. The van der Waals surface area contributed by atoms with Crippen LogP contribution in [0, 0.1) is 6.92 Å². The van der Waals surface area contributed by atoms with Gasteiger partial charge in [0, 0.05) is 18.5 Å².